The van der Waals surface area contributed by atoms with Crippen molar-refractivity contribution < 1.29 is 27.9 Å². The fraction of sp³-hybridized carbons (Fsp3) is 0.556. The van der Waals surface area contributed by atoms with Crippen molar-refractivity contribution in [2.24, 2.45) is 5.41 Å². The number of hydrogen-bond donors (Lipinski definition) is 2. The Balaban J connectivity index is 2.26. The lowest BCUT2D eigenvalue weighted by Crippen LogP contribution is -2.32. The number of nitrogens with one attached hydrogen (secondary N) is 1. The molecule has 1 aromatic carbocycles. The number of carbonyl (C=O) groups is 2. The van der Waals surface area contributed by atoms with E-state index in [1.165, 1.54) is 26.2 Å². The zero-order valence-corrected chi connectivity index (χ0v) is 16.6. The molecule has 27 heavy (non-hydrogen) atoms. The van der Waals surface area contributed by atoms with Crippen molar-refractivity contribution in [1.29, 1.82) is 0 Å². The Hall–Kier alpha value is -2.13. The Morgan fingerprint density at radius 2 is 1.89 bits per heavy atom. The molecule has 1 aliphatic carbocycles. The van der Waals surface area contributed by atoms with Crippen molar-refractivity contribution in [1.82, 2.24) is 4.31 Å². The summed E-state index contributed by atoms with van der Waals surface area (Å²) in [7, 11) is -0.954. The van der Waals surface area contributed by atoms with Gasteiger partial charge in [-0.3, -0.25) is 9.59 Å². The normalized spacial score (nSPS) is 16.3. The van der Waals surface area contributed by atoms with Crippen molar-refractivity contribution in [3.63, 3.8) is 0 Å². The number of amides is 1. The molecular formula is C18H26N2O6S. The lowest BCUT2D eigenvalue weighted by molar-refractivity contribution is -0.150. The zero-order valence-electron chi connectivity index (χ0n) is 15.8. The Kier molecular flexibility index (Phi) is 6.48. The minimum absolute atomic E-state index is 0.0547. The standard InChI is InChI=1S/C18H26N2O6S/c1-4-26-14-8-7-13(11-15(14)27(24,25)20(2)3)19-16(21)12-18(17(22)23)9-5-6-10-18/h7-8,11H,4-6,9-10,12H2,1-3H3,(H,19,21)(H,22,23). The van der Waals surface area contributed by atoms with Crippen LogP contribution < -0.4 is 10.1 Å². The molecule has 0 bridgehead atoms. The molecule has 0 aliphatic heterocycles. The lowest BCUT2D eigenvalue weighted by Gasteiger charge is -2.23. The predicted octanol–water partition coefficient (Wildman–Crippen LogP) is 2.31. The maximum atomic E-state index is 12.5. The van der Waals surface area contributed by atoms with Crippen LogP contribution in [0.4, 0.5) is 5.69 Å². The Morgan fingerprint density at radius 1 is 1.26 bits per heavy atom. The van der Waals surface area contributed by atoms with Crippen molar-refractivity contribution >= 4 is 27.6 Å². The summed E-state index contributed by atoms with van der Waals surface area (Å²) >= 11 is 0. The van der Waals surface area contributed by atoms with Crippen LogP contribution in [0, 0.1) is 5.41 Å². The van der Waals surface area contributed by atoms with Crippen LogP contribution in [-0.4, -0.2) is 50.4 Å². The highest BCUT2D eigenvalue weighted by atomic mass is 32.2. The Morgan fingerprint density at radius 3 is 2.41 bits per heavy atom. The maximum Gasteiger partial charge on any atom is 0.310 e. The summed E-state index contributed by atoms with van der Waals surface area (Å²) in [6, 6.07) is 4.36. The molecule has 1 aliphatic rings. The van der Waals surface area contributed by atoms with E-state index in [0.717, 1.165) is 17.1 Å². The van der Waals surface area contributed by atoms with E-state index < -0.39 is 27.3 Å². The summed E-state index contributed by atoms with van der Waals surface area (Å²) in [6.45, 7) is 2.04. The average Bonchev–Trinajstić information content (AvgIpc) is 3.06. The van der Waals surface area contributed by atoms with E-state index in [2.05, 4.69) is 5.32 Å². The van der Waals surface area contributed by atoms with Crippen molar-refractivity contribution in [2.45, 2.75) is 43.9 Å². The number of benzene rings is 1. The summed E-state index contributed by atoms with van der Waals surface area (Å²) in [6.07, 6.45) is 2.38. The topological polar surface area (TPSA) is 113 Å². The maximum absolute atomic E-state index is 12.5. The van der Waals surface area contributed by atoms with E-state index >= 15 is 0 Å². The number of carboxylic acid groups (broad SMARTS) is 1. The number of carbonyl (C=O) groups excluding carboxylic acids is 1. The molecule has 1 fully saturated rings. The number of anilines is 1. The number of nitrogens with zero attached hydrogens (tertiary/aromatic N) is 1. The Labute approximate surface area is 159 Å². The summed E-state index contributed by atoms with van der Waals surface area (Å²) < 4.78 is 31.5. The van der Waals surface area contributed by atoms with Crippen molar-refractivity contribution in [3.8, 4) is 5.75 Å². The fourth-order valence-electron chi connectivity index (χ4n) is 3.29. The van der Waals surface area contributed by atoms with E-state index in [9.17, 15) is 23.1 Å². The van der Waals surface area contributed by atoms with Gasteiger partial charge in [0.1, 0.15) is 10.6 Å². The summed E-state index contributed by atoms with van der Waals surface area (Å²) in [5.74, 6) is -1.21. The van der Waals surface area contributed by atoms with Gasteiger partial charge in [0, 0.05) is 26.2 Å². The highest BCUT2D eigenvalue weighted by Crippen LogP contribution is 2.41. The van der Waals surface area contributed by atoms with Gasteiger partial charge < -0.3 is 15.2 Å². The van der Waals surface area contributed by atoms with Gasteiger partial charge in [0.2, 0.25) is 15.9 Å². The number of carboxylic acids is 1. The van der Waals surface area contributed by atoms with E-state index in [-0.39, 0.29) is 22.8 Å². The monoisotopic (exact) mass is 398 g/mol. The van der Waals surface area contributed by atoms with E-state index in [1.54, 1.807) is 13.0 Å². The molecule has 0 unspecified atom stereocenters. The molecule has 0 saturated heterocycles. The molecule has 0 heterocycles. The molecule has 1 aromatic rings. The third kappa shape index (κ3) is 4.59. The van der Waals surface area contributed by atoms with Gasteiger partial charge in [-0.1, -0.05) is 12.8 Å². The molecule has 1 amide bonds. The molecule has 2 N–H and O–H groups in total. The van der Waals surface area contributed by atoms with Crippen molar-refractivity contribution in [3.05, 3.63) is 18.2 Å². The number of hydrogen-bond acceptors (Lipinski definition) is 5. The van der Waals surface area contributed by atoms with Gasteiger partial charge in [-0.25, -0.2) is 12.7 Å². The number of ether oxygens (including phenoxy) is 1. The van der Waals surface area contributed by atoms with Crippen LogP contribution in [-0.2, 0) is 19.6 Å². The first-order valence-electron chi connectivity index (χ1n) is 8.85. The smallest absolute Gasteiger partial charge is 0.310 e. The molecule has 150 valence electrons. The zero-order chi connectivity index (χ0) is 20.2. The highest BCUT2D eigenvalue weighted by Gasteiger charge is 2.43. The first-order chi connectivity index (χ1) is 12.6. The second-order valence-electron chi connectivity index (χ2n) is 6.90. The third-order valence-corrected chi connectivity index (χ3v) is 6.64. The van der Waals surface area contributed by atoms with Gasteiger partial charge in [-0.05, 0) is 38.0 Å². The van der Waals surface area contributed by atoms with E-state index in [0.29, 0.717) is 19.4 Å². The van der Waals surface area contributed by atoms with Gasteiger partial charge in [-0.2, -0.15) is 0 Å². The minimum atomic E-state index is -3.77. The number of aliphatic carboxylic acids is 1. The molecule has 0 spiro atoms. The SMILES string of the molecule is CCOc1ccc(NC(=O)CC2(C(=O)O)CCCC2)cc1S(=O)(=O)N(C)C. The predicted molar refractivity (Wildman–Crippen MR) is 100 cm³/mol. The summed E-state index contributed by atoms with van der Waals surface area (Å²) in [5.41, 5.74) is -0.754. The number of rotatable bonds is 8. The van der Waals surface area contributed by atoms with Crippen LogP contribution in [0.1, 0.15) is 39.0 Å². The van der Waals surface area contributed by atoms with Crippen molar-refractivity contribution in [2.75, 3.05) is 26.0 Å². The van der Waals surface area contributed by atoms with Crippen LogP contribution in [0.25, 0.3) is 0 Å². The van der Waals surface area contributed by atoms with Gasteiger partial charge in [0.15, 0.2) is 0 Å². The van der Waals surface area contributed by atoms with Crippen LogP contribution >= 0.6 is 0 Å². The molecule has 0 aromatic heterocycles. The average molecular weight is 398 g/mol. The molecular weight excluding hydrogens is 372 g/mol. The van der Waals surface area contributed by atoms with E-state index in [1.807, 2.05) is 0 Å². The second-order valence-corrected chi connectivity index (χ2v) is 9.02. The lowest BCUT2D eigenvalue weighted by atomic mass is 9.82. The molecule has 0 radical (unpaired) electrons. The van der Waals surface area contributed by atoms with Crippen LogP contribution in [0.15, 0.2) is 23.1 Å². The quantitative estimate of drug-likeness (QED) is 0.695. The van der Waals surface area contributed by atoms with Crippen LogP contribution in [0.2, 0.25) is 0 Å². The molecule has 9 heteroatoms. The van der Waals surface area contributed by atoms with Gasteiger partial charge in [0.25, 0.3) is 0 Å². The molecule has 0 atom stereocenters. The fourth-order valence-corrected chi connectivity index (χ4v) is 4.34. The summed E-state index contributed by atoms with van der Waals surface area (Å²) in [4.78, 5) is 24.0. The molecule has 1 saturated carbocycles. The molecule has 2 rings (SSSR count). The minimum Gasteiger partial charge on any atom is -0.492 e. The molecule has 8 nitrogen and oxygen atoms in total. The van der Waals surface area contributed by atoms with Gasteiger partial charge in [-0.15, -0.1) is 0 Å². The van der Waals surface area contributed by atoms with Gasteiger partial charge >= 0.3 is 5.97 Å². The van der Waals surface area contributed by atoms with Crippen LogP contribution in [0.5, 0.6) is 5.75 Å². The first kappa shape index (κ1) is 21.2. The van der Waals surface area contributed by atoms with Crippen LogP contribution in [0.3, 0.4) is 0 Å². The van der Waals surface area contributed by atoms with Gasteiger partial charge in [0.05, 0.1) is 12.0 Å². The van der Waals surface area contributed by atoms with E-state index in [4.69, 9.17) is 4.74 Å². The largest absolute Gasteiger partial charge is 0.492 e. The third-order valence-electron chi connectivity index (χ3n) is 4.80. The highest BCUT2D eigenvalue weighted by molar-refractivity contribution is 7.89. The second kappa shape index (κ2) is 8.26. The number of sulfonamides is 1. The summed E-state index contributed by atoms with van der Waals surface area (Å²) in [5, 5.41) is 12.1. The first-order valence-corrected chi connectivity index (χ1v) is 10.3. The Bertz CT molecular complexity index is 813.